The van der Waals surface area contributed by atoms with Gasteiger partial charge in [0.15, 0.2) is 5.78 Å². The van der Waals surface area contributed by atoms with Gasteiger partial charge in [0.25, 0.3) is 0 Å². The van der Waals surface area contributed by atoms with Crippen molar-refractivity contribution in [3.05, 3.63) is 42.5 Å². The van der Waals surface area contributed by atoms with Crippen LogP contribution in [-0.4, -0.2) is 12.0 Å². The largest absolute Gasteiger partial charge is 0.295 e. The molecule has 0 amide bonds. The van der Waals surface area contributed by atoms with E-state index in [0.29, 0.717) is 6.42 Å². The van der Waals surface area contributed by atoms with Gasteiger partial charge in [-0.3, -0.25) is 4.79 Å². The molecule has 0 aliphatic carbocycles. The number of allylic oxidation sites excluding steroid dienone is 1. The number of rotatable bonds is 4. The molecular formula is C11H12OS. The summed E-state index contributed by atoms with van der Waals surface area (Å²) in [5.41, 5.74) is 1.08. The standard InChI is InChI=1S/C11H12OS/c1-3-10(12)8-9-6-4-5-7-11(9)13-2/h3-7H,1,8H2,2H3. The number of thioether (sulfide) groups is 1. The van der Waals surface area contributed by atoms with Crippen molar-refractivity contribution >= 4 is 17.5 Å². The van der Waals surface area contributed by atoms with Crippen LogP contribution in [0.3, 0.4) is 0 Å². The van der Waals surface area contributed by atoms with Crippen molar-refractivity contribution in [2.45, 2.75) is 11.3 Å². The summed E-state index contributed by atoms with van der Waals surface area (Å²) < 4.78 is 0. The van der Waals surface area contributed by atoms with Gasteiger partial charge in [-0.05, 0) is 24.0 Å². The molecule has 0 atom stereocenters. The second-order valence-electron chi connectivity index (χ2n) is 2.66. The monoisotopic (exact) mass is 192 g/mol. The summed E-state index contributed by atoms with van der Waals surface area (Å²) in [5.74, 6) is 0.0708. The van der Waals surface area contributed by atoms with Crippen LogP contribution in [0.5, 0.6) is 0 Å². The van der Waals surface area contributed by atoms with E-state index in [1.54, 1.807) is 11.8 Å². The SMILES string of the molecule is C=CC(=O)Cc1ccccc1SC. The lowest BCUT2D eigenvalue weighted by Crippen LogP contribution is -1.98. The number of ketones is 1. The van der Waals surface area contributed by atoms with Gasteiger partial charge < -0.3 is 0 Å². The zero-order valence-electron chi connectivity index (χ0n) is 7.62. The lowest BCUT2D eigenvalue weighted by molar-refractivity contribution is -0.114. The maximum Gasteiger partial charge on any atom is 0.159 e. The van der Waals surface area contributed by atoms with Crippen molar-refractivity contribution in [2.24, 2.45) is 0 Å². The van der Waals surface area contributed by atoms with Crippen LogP contribution in [0.4, 0.5) is 0 Å². The van der Waals surface area contributed by atoms with Crippen molar-refractivity contribution < 1.29 is 4.79 Å². The van der Waals surface area contributed by atoms with E-state index in [1.807, 2.05) is 30.5 Å². The first-order valence-corrected chi connectivity index (χ1v) is 5.27. The molecule has 0 saturated carbocycles. The second kappa shape index (κ2) is 4.87. The highest BCUT2D eigenvalue weighted by Crippen LogP contribution is 2.20. The topological polar surface area (TPSA) is 17.1 Å². The number of hydrogen-bond acceptors (Lipinski definition) is 2. The van der Waals surface area contributed by atoms with Crippen LogP contribution >= 0.6 is 11.8 Å². The minimum atomic E-state index is 0.0708. The van der Waals surface area contributed by atoms with Crippen molar-refractivity contribution in [3.63, 3.8) is 0 Å². The third-order valence-corrected chi connectivity index (χ3v) is 2.62. The molecule has 0 bridgehead atoms. The number of carbonyl (C=O) groups excluding carboxylic acids is 1. The Morgan fingerprint density at radius 3 is 2.85 bits per heavy atom. The Labute approximate surface area is 82.9 Å². The van der Waals surface area contributed by atoms with Gasteiger partial charge >= 0.3 is 0 Å². The molecule has 0 heterocycles. The van der Waals surface area contributed by atoms with Crippen LogP contribution in [-0.2, 0) is 11.2 Å². The summed E-state index contributed by atoms with van der Waals surface area (Å²) in [4.78, 5) is 12.3. The van der Waals surface area contributed by atoms with Crippen LogP contribution in [0.2, 0.25) is 0 Å². The highest BCUT2D eigenvalue weighted by molar-refractivity contribution is 7.98. The van der Waals surface area contributed by atoms with Gasteiger partial charge in [-0.25, -0.2) is 0 Å². The molecule has 0 radical (unpaired) electrons. The fourth-order valence-electron chi connectivity index (χ4n) is 1.11. The van der Waals surface area contributed by atoms with E-state index >= 15 is 0 Å². The van der Waals surface area contributed by atoms with E-state index in [4.69, 9.17) is 0 Å². The number of hydrogen-bond donors (Lipinski definition) is 0. The van der Waals surface area contributed by atoms with Gasteiger partial charge in [-0.1, -0.05) is 24.8 Å². The molecule has 1 rings (SSSR count). The molecule has 0 fully saturated rings. The van der Waals surface area contributed by atoms with Gasteiger partial charge in [-0.2, -0.15) is 0 Å². The van der Waals surface area contributed by atoms with Gasteiger partial charge in [0.05, 0.1) is 0 Å². The maximum atomic E-state index is 11.1. The Balaban J connectivity index is 2.86. The molecule has 0 aliphatic rings. The molecule has 68 valence electrons. The normalized spacial score (nSPS) is 9.62. The van der Waals surface area contributed by atoms with Gasteiger partial charge in [0, 0.05) is 11.3 Å². The maximum absolute atomic E-state index is 11.1. The molecule has 1 nitrogen and oxygen atoms in total. The van der Waals surface area contributed by atoms with Gasteiger partial charge in [0.2, 0.25) is 0 Å². The summed E-state index contributed by atoms with van der Waals surface area (Å²) in [6.07, 6.45) is 3.84. The third-order valence-electron chi connectivity index (χ3n) is 1.78. The summed E-state index contributed by atoms with van der Waals surface area (Å²) in [6.45, 7) is 3.46. The molecule has 1 aromatic carbocycles. The quantitative estimate of drug-likeness (QED) is 0.539. The summed E-state index contributed by atoms with van der Waals surface area (Å²) in [5, 5.41) is 0. The Hall–Kier alpha value is -1.02. The van der Waals surface area contributed by atoms with Crippen molar-refractivity contribution in [1.29, 1.82) is 0 Å². The Kier molecular flexibility index (Phi) is 3.77. The molecule has 0 unspecified atom stereocenters. The number of benzene rings is 1. The van der Waals surface area contributed by atoms with E-state index in [-0.39, 0.29) is 5.78 Å². The van der Waals surface area contributed by atoms with Crippen LogP contribution in [0.25, 0.3) is 0 Å². The minimum Gasteiger partial charge on any atom is -0.295 e. The first-order valence-electron chi connectivity index (χ1n) is 4.05. The highest BCUT2D eigenvalue weighted by Gasteiger charge is 2.03. The smallest absolute Gasteiger partial charge is 0.159 e. The van der Waals surface area contributed by atoms with Crippen molar-refractivity contribution in [3.8, 4) is 0 Å². The lowest BCUT2D eigenvalue weighted by atomic mass is 10.1. The second-order valence-corrected chi connectivity index (χ2v) is 3.51. The first kappa shape index (κ1) is 10.1. The predicted molar refractivity (Wildman–Crippen MR) is 57.1 cm³/mol. The zero-order chi connectivity index (χ0) is 9.68. The van der Waals surface area contributed by atoms with Crippen LogP contribution < -0.4 is 0 Å². The van der Waals surface area contributed by atoms with Crippen molar-refractivity contribution in [2.75, 3.05) is 6.26 Å². The molecule has 0 aliphatic heterocycles. The summed E-state index contributed by atoms with van der Waals surface area (Å²) in [6, 6.07) is 7.93. The molecule has 13 heavy (non-hydrogen) atoms. The Bertz CT molecular complexity index is 318. The zero-order valence-corrected chi connectivity index (χ0v) is 8.43. The van der Waals surface area contributed by atoms with Gasteiger partial charge in [-0.15, -0.1) is 11.8 Å². The third kappa shape index (κ3) is 2.74. The molecule has 0 N–H and O–H groups in total. The average molecular weight is 192 g/mol. The lowest BCUT2D eigenvalue weighted by Gasteiger charge is -2.03. The van der Waals surface area contributed by atoms with Crippen LogP contribution in [0, 0.1) is 0 Å². The Morgan fingerprint density at radius 2 is 2.23 bits per heavy atom. The van der Waals surface area contributed by atoms with E-state index in [2.05, 4.69) is 6.58 Å². The van der Waals surface area contributed by atoms with E-state index < -0.39 is 0 Å². The molecule has 0 saturated heterocycles. The Morgan fingerprint density at radius 1 is 1.54 bits per heavy atom. The first-order chi connectivity index (χ1) is 6.27. The van der Waals surface area contributed by atoms with E-state index in [1.165, 1.54) is 6.08 Å². The van der Waals surface area contributed by atoms with Crippen LogP contribution in [0.15, 0.2) is 41.8 Å². The molecule has 0 aromatic heterocycles. The molecular weight excluding hydrogens is 180 g/mol. The van der Waals surface area contributed by atoms with E-state index in [9.17, 15) is 4.79 Å². The van der Waals surface area contributed by atoms with E-state index in [0.717, 1.165) is 10.5 Å². The molecule has 1 aromatic rings. The van der Waals surface area contributed by atoms with Crippen molar-refractivity contribution in [1.82, 2.24) is 0 Å². The number of carbonyl (C=O) groups is 1. The summed E-state index contributed by atoms with van der Waals surface area (Å²) in [7, 11) is 0. The van der Waals surface area contributed by atoms with Crippen LogP contribution in [0.1, 0.15) is 5.56 Å². The van der Waals surface area contributed by atoms with Gasteiger partial charge in [0.1, 0.15) is 0 Å². The fraction of sp³-hybridized carbons (Fsp3) is 0.182. The predicted octanol–water partition coefficient (Wildman–Crippen LogP) is 2.71. The average Bonchev–Trinajstić information content (AvgIpc) is 2.18. The fourth-order valence-corrected chi connectivity index (χ4v) is 1.73. The minimum absolute atomic E-state index is 0.0708. The molecule has 2 heteroatoms. The summed E-state index contributed by atoms with van der Waals surface area (Å²) >= 11 is 1.66. The molecule has 0 spiro atoms. The highest BCUT2D eigenvalue weighted by atomic mass is 32.2.